The molecule has 0 saturated carbocycles. The van der Waals surface area contributed by atoms with E-state index in [4.69, 9.17) is 0 Å². The van der Waals surface area contributed by atoms with Gasteiger partial charge in [-0.2, -0.15) is 0 Å². The molecule has 0 atom stereocenters. The molecule has 44 valence electrons. The normalized spacial score (nSPS) is 6.38. The predicted molar refractivity (Wildman–Crippen MR) is 28.9 cm³/mol. The van der Waals surface area contributed by atoms with E-state index in [0.717, 1.165) is 0 Å². The Labute approximate surface area is 73.6 Å². The number of hydrogen-bond donors (Lipinski definition) is 0. The molecule has 0 aromatic heterocycles. The van der Waals surface area contributed by atoms with Gasteiger partial charge in [-0.15, -0.1) is 0 Å². The van der Waals surface area contributed by atoms with Gasteiger partial charge in [0.1, 0.15) is 0 Å². The van der Waals surface area contributed by atoms with E-state index in [9.17, 15) is 0 Å². The van der Waals surface area contributed by atoms with Crippen LogP contribution in [0.1, 0.15) is 8.35 Å². The van der Waals surface area contributed by atoms with Gasteiger partial charge in [0.25, 0.3) is 5.95 Å². The minimum atomic E-state index is 0. The molecule has 0 amide bonds. The molecule has 0 bridgehead atoms. The van der Waals surface area contributed by atoms with Crippen LogP contribution in [0.15, 0.2) is 12.0 Å². The molecular weight excluding hydrogens is 115 g/mol. The number of hydrogen-bond acceptors (Lipinski definition) is 2. The van der Waals surface area contributed by atoms with Gasteiger partial charge in [-0.05, 0) is 13.0 Å². The SMILES string of the molecule is CC=C(OC)OC.[H-].[Na+]. The Hall–Kier alpha value is 0.340. The van der Waals surface area contributed by atoms with Crippen LogP contribution in [0, 0.1) is 0 Å². The second kappa shape index (κ2) is 7.34. The van der Waals surface area contributed by atoms with Crippen LogP contribution < -0.4 is 29.6 Å². The summed E-state index contributed by atoms with van der Waals surface area (Å²) in [5.41, 5.74) is 0. The average molecular weight is 126 g/mol. The van der Waals surface area contributed by atoms with Crippen LogP contribution in [-0.2, 0) is 9.47 Å². The van der Waals surface area contributed by atoms with E-state index in [1.165, 1.54) is 0 Å². The van der Waals surface area contributed by atoms with Crippen LogP contribution in [0.4, 0.5) is 0 Å². The molecule has 0 rings (SSSR count). The second-order valence-electron chi connectivity index (χ2n) is 1.02. The first kappa shape index (κ1) is 11.2. The zero-order valence-electron chi connectivity index (χ0n) is 6.89. The molecule has 3 heteroatoms. The minimum Gasteiger partial charge on any atom is -1.00 e. The van der Waals surface area contributed by atoms with Crippen molar-refractivity contribution in [3.63, 3.8) is 0 Å². The van der Waals surface area contributed by atoms with Crippen molar-refractivity contribution in [2.75, 3.05) is 14.2 Å². The summed E-state index contributed by atoms with van der Waals surface area (Å²) in [4.78, 5) is 0. The fourth-order valence-corrected chi connectivity index (χ4v) is 0.319. The Morgan fingerprint density at radius 3 is 1.75 bits per heavy atom. The molecule has 8 heavy (non-hydrogen) atoms. The molecule has 0 saturated heterocycles. The number of ether oxygens (including phenoxy) is 2. The summed E-state index contributed by atoms with van der Waals surface area (Å²) in [6.07, 6.45) is 1.75. The first-order chi connectivity index (χ1) is 3.35. The molecule has 0 aliphatic heterocycles. The molecule has 0 radical (unpaired) electrons. The van der Waals surface area contributed by atoms with Gasteiger partial charge in [0.15, 0.2) is 0 Å². The third-order valence-electron chi connectivity index (χ3n) is 0.638. The van der Waals surface area contributed by atoms with Crippen molar-refractivity contribution < 1.29 is 40.5 Å². The van der Waals surface area contributed by atoms with Gasteiger partial charge in [0.2, 0.25) is 0 Å². The third kappa shape index (κ3) is 4.50. The second-order valence-corrected chi connectivity index (χ2v) is 1.02. The van der Waals surface area contributed by atoms with Crippen LogP contribution in [0.25, 0.3) is 0 Å². The van der Waals surface area contributed by atoms with Gasteiger partial charge in [0, 0.05) is 0 Å². The molecule has 0 spiro atoms. The molecule has 0 N–H and O–H groups in total. The van der Waals surface area contributed by atoms with E-state index in [1.54, 1.807) is 20.3 Å². The van der Waals surface area contributed by atoms with Gasteiger partial charge in [0.05, 0.1) is 14.2 Å². The average Bonchev–Trinajstić information content (AvgIpc) is 1.72. The van der Waals surface area contributed by atoms with Crippen molar-refractivity contribution in [2.24, 2.45) is 0 Å². The Kier molecular flexibility index (Phi) is 10.3. The fourth-order valence-electron chi connectivity index (χ4n) is 0.319. The summed E-state index contributed by atoms with van der Waals surface area (Å²) < 4.78 is 9.38. The summed E-state index contributed by atoms with van der Waals surface area (Å²) in [7, 11) is 3.14. The molecular formula is C5H11NaO2. The van der Waals surface area contributed by atoms with Crippen LogP contribution >= 0.6 is 0 Å². The maximum absolute atomic E-state index is 4.69. The Balaban J connectivity index is -0.000000180. The summed E-state index contributed by atoms with van der Waals surface area (Å²) in [5, 5.41) is 0. The zero-order chi connectivity index (χ0) is 5.70. The Bertz CT molecular complexity index is 69.4. The predicted octanol–water partition coefficient (Wildman–Crippen LogP) is -1.74. The monoisotopic (exact) mass is 126 g/mol. The molecule has 0 aliphatic rings. The molecule has 0 fully saturated rings. The maximum Gasteiger partial charge on any atom is 1.00 e. The third-order valence-corrected chi connectivity index (χ3v) is 0.638. The quantitative estimate of drug-likeness (QED) is 0.323. The Morgan fingerprint density at radius 2 is 1.75 bits per heavy atom. The minimum absolute atomic E-state index is 0. The first-order valence-electron chi connectivity index (χ1n) is 2.09. The van der Waals surface area contributed by atoms with Crippen molar-refractivity contribution >= 4 is 0 Å². The molecule has 0 unspecified atom stereocenters. The van der Waals surface area contributed by atoms with Crippen molar-refractivity contribution in [3.05, 3.63) is 12.0 Å². The fraction of sp³-hybridized carbons (Fsp3) is 0.600. The molecule has 0 heterocycles. The largest absolute Gasteiger partial charge is 1.00 e. The van der Waals surface area contributed by atoms with Gasteiger partial charge < -0.3 is 10.9 Å². The molecule has 0 aromatic carbocycles. The molecule has 2 nitrogen and oxygen atoms in total. The summed E-state index contributed by atoms with van der Waals surface area (Å²) in [6, 6.07) is 0. The number of rotatable bonds is 2. The maximum atomic E-state index is 4.69. The van der Waals surface area contributed by atoms with Gasteiger partial charge in [-0.3, -0.25) is 0 Å². The van der Waals surface area contributed by atoms with E-state index < -0.39 is 0 Å². The molecule has 0 aliphatic carbocycles. The van der Waals surface area contributed by atoms with E-state index in [2.05, 4.69) is 9.47 Å². The van der Waals surface area contributed by atoms with Crippen LogP contribution in [0.5, 0.6) is 0 Å². The summed E-state index contributed by atoms with van der Waals surface area (Å²) in [6.45, 7) is 1.85. The molecule has 0 aromatic rings. The standard InChI is InChI=1S/C5H10O2.Na.H/c1-4-5(6-2)7-3;;/h4H,1-3H3;;/q;+1;-1. The number of methoxy groups -OCH3 is 2. The van der Waals surface area contributed by atoms with Crippen molar-refractivity contribution in [1.82, 2.24) is 0 Å². The van der Waals surface area contributed by atoms with E-state index in [-0.39, 0.29) is 31.0 Å². The van der Waals surface area contributed by atoms with Gasteiger partial charge in [-0.25, -0.2) is 0 Å². The van der Waals surface area contributed by atoms with Crippen molar-refractivity contribution in [2.45, 2.75) is 6.92 Å². The van der Waals surface area contributed by atoms with E-state index in [1.807, 2.05) is 6.92 Å². The Morgan fingerprint density at radius 1 is 1.38 bits per heavy atom. The zero-order valence-corrected chi connectivity index (χ0v) is 7.89. The summed E-state index contributed by atoms with van der Waals surface area (Å²) in [5.74, 6) is 0.556. The summed E-state index contributed by atoms with van der Waals surface area (Å²) >= 11 is 0. The van der Waals surface area contributed by atoms with Crippen LogP contribution in [0.2, 0.25) is 0 Å². The van der Waals surface area contributed by atoms with E-state index >= 15 is 0 Å². The van der Waals surface area contributed by atoms with Gasteiger partial charge in [-0.1, -0.05) is 0 Å². The number of allylic oxidation sites excluding steroid dienone is 1. The van der Waals surface area contributed by atoms with Crippen molar-refractivity contribution in [1.29, 1.82) is 0 Å². The topological polar surface area (TPSA) is 18.5 Å². The van der Waals surface area contributed by atoms with E-state index in [0.29, 0.717) is 5.95 Å². The van der Waals surface area contributed by atoms with Gasteiger partial charge >= 0.3 is 29.6 Å². The van der Waals surface area contributed by atoms with Crippen molar-refractivity contribution in [3.8, 4) is 0 Å². The first-order valence-corrected chi connectivity index (χ1v) is 2.09. The smallest absolute Gasteiger partial charge is 1.00 e. The van der Waals surface area contributed by atoms with Crippen LogP contribution in [-0.4, -0.2) is 14.2 Å². The van der Waals surface area contributed by atoms with Crippen LogP contribution in [0.3, 0.4) is 0 Å².